The maximum Gasteiger partial charge on any atom is 0.319 e. The van der Waals surface area contributed by atoms with Crippen molar-refractivity contribution in [2.45, 2.75) is 69.5 Å². The number of rotatable bonds is 3. The molecule has 6 bridgehead atoms. The van der Waals surface area contributed by atoms with Gasteiger partial charge in [0.15, 0.2) is 5.82 Å². The molecule has 0 radical (unpaired) electrons. The van der Waals surface area contributed by atoms with Gasteiger partial charge in [-0.25, -0.2) is 13.2 Å². The van der Waals surface area contributed by atoms with Gasteiger partial charge in [-0.05, 0) is 91.9 Å². The molecule has 1 unspecified atom stereocenters. The molecule has 7 heterocycles. The number of hydrogen-bond acceptors (Lipinski definition) is 8. The average molecular weight is 660 g/mol. The Morgan fingerprint density at radius 3 is 2.85 bits per heavy atom. The molecule has 4 aromatic rings. The minimum absolute atomic E-state index is 0.00532. The fourth-order valence-electron chi connectivity index (χ4n) is 8.56. The summed E-state index contributed by atoms with van der Waals surface area (Å²) >= 11 is 0. The number of nitrogens with two attached hydrogens (primary N) is 1. The fraction of sp³-hybridized carbons (Fsp3) is 0.500. The Balaban J connectivity index is 1.29. The zero-order valence-electron chi connectivity index (χ0n) is 26.9. The topological polar surface area (TPSA) is 110 Å². The standard InChI is InChI=1S/C36H40F3N7O2/c37-23-16-36(10-3-13-46(36)19-23)20-48-35-43-33-27-17-42-32(31(33)39)26-15-24(40)14-22-7-8-28(38)25(30(22)26)5-1-6-29(47)41-11-9-21-4-2-12-45(18-21)34(27)44-35/h7-8,14-15,17,21,23H,1-6,9-13,16,18-20,40H2,(H,41,47)/t21?,23-,36+/m1/s1. The van der Waals surface area contributed by atoms with E-state index < -0.39 is 23.3 Å². The Morgan fingerprint density at radius 1 is 1.06 bits per heavy atom. The Kier molecular flexibility index (Phi) is 8.01. The molecule has 3 fully saturated rings. The average Bonchev–Trinajstić information content (AvgIpc) is 3.60. The van der Waals surface area contributed by atoms with Crippen LogP contribution in [0.15, 0.2) is 30.5 Å². The maximum atomic E-state index is 17.0. The third kappa shape index (κ3) is 5.57. The number of aromatic nitrogens is 3. The van der Waals surface area contributed by atoms with Crippen LogP contribution in [-0.2, 0) is 11.2 Å². The third-order valence-corrected chi connectivity index (χ3v) is 10.8. The van der Waals surface area contributed by atoms with E-state index in [1.807, 2.05) is 0 Å². The zero-order valence-corrected chi connectivity index (χ0v) is 26.9. The number of anilines is 2. The van der Waals surface area contributed by atoms with E-state index in [1.54, 1.807) is 24.4 Å². The van der Waals surface area contributed by atoms with Crippen LogP contribution < -0.4 is 20.7 Å². The van der Waals surface area contributed by atoms with Gasteiger partial charge < -0.3 is 20.7 Å². The number of nitrogen functional groups attached to an aromatic ring is 1. The molecular weight excluding hydrogens is 619 g/mol. The lowest BCUT2D eigenvalue weighted by Crippen LogP contribution is -2.43. The smallest absolute Gasteiger partial charge is 0.319 e. The number of benzene rings is 2. The molecule has 5 aliphatic rings. The lowest BCUT2D eigenvalue weighted by molar-refractivity contribution is -0.121. The number of carbonyl (C=O) groups is 1. The minimum Gasteiger partial charge on any atom is -0.461 e. The van der Waals surface area contributed by atoms with Gasteiger partial charge in [0.05, 0.1) is 10.9 Å². The van der Waals surface area contributed by atoms with Crippen LogP contribution in [-0.4, -0.2) is 76.8 Å². The van der Waals surface area contributed by atoms with Crippen molar-refractivity contribution in [3.63, 3.8) is 0 Å². The lowest BCUT2D eigenvalue weighted by atomic mass is 9.92. The highest BCUT2D eigenvalue weighted by atomic mass is 19.1. The van der Waals surface area contributed by atoms with Crippen LogP contribution in [0.4, 0.5) is 24.7 Å². The molecule has 3 saturated heterocycles. The molecule has 0 aliphatic carbocycles. The monoisotopic (exact) mass is 659 g/mol. The molecule has 0 spiro atoms. The Morgan fingerprint density at radius 2 is 1.96 bits per heavy atom. The normalized spacial score (nSPS) is 25.0. The molecule has 9 nitrogen and oxygen atoms in total. The van der Waals surface area contributed by atoms with Crippen molar-refractivity contribution in [3.05, 3.63) is 47.7 Å². The second-order valence-electron chi connectivity index (χ2n) is 14.0. The highest BCUT2D eigenvalue weighted by molar-refractivity contribution is 6.02. The number of nitrogens with zero attached hydrogens (tertiary/aromatic N) is 5. The predicted octanol–water partition coefficient (Wildman–Crippen LogP) is 5.72. The number of alkyl halides is 1. The summed E-state index contributed by atoms with van der Waals surface area (Å²) < 4.78 is 53.3. The molecular formula is C36H40F3N7O2. The van der Waals surface area contributed by atoms with Crippen LogP contribution in [0, 0.1) is 17.6 Å². The highest BCUT2D eigenvalue weighted by Crippen LogP contribution is 2.42. The minimum atomic E-state index is -0.911. The number of halogens is 3. The summed E-state index contributed by atoms with van der Waals surface area (Å²) in [7, 11) is 0. The van der Waals surface area contributed by atoms with Crippen LogP contribution in [0.25, 0.3) is 32.9 Å². The van der Waals surface area contributed by atoms with Gasteiger partial charge in [-0.2, -0.15) is 9.97 Å². The van der Waals surface area contributed by atoms with Crippen molar-refractivity contribution in [2.24, 2.45) is 5.92 Å². The van der Waals surface area contributed by atoms with Crippen molar-refractivity contribution < 1.29 is 22.7 Å². The second-order valence-corrected chi connectivity index (χ2v) is 14.0. The molecule has 12 heteroatoms. The molecule has 3 N–H and O–H groups in total. The molecule has 252 valence electrons. The van der Waals surface area contributed by atoms with E-state index >= 15 is 8.78 Å². The van der Waals surface area contributed by atoms with E-state index in [0.29, 0.717) is 77.8 Å². The van der Waals surface area contributed by atoms with E-state index in [-0.39, 0.29) is 48.5 Å². The molecule has 2 aromatic heterocycles. The van der Waals surface area contributed by atoms with Gasteiger partial charge in [0.2, 0.25) is 5.91 Å². The number of hydrogen-bond donors (Lipinski definition) is 2. The zero-order chi connectivity index (χ0) is 33.0. The van der Waals surface area contributed by atoms with E-state index in [4.69, 9.17) is 15.5 Å². The number of pyridine rings is 1. The Bertz CT molecular complexity index is 1910. The SMILES string of the molecule is Nc1cc2c3c(c(F)ccc3c1)CCCC(=O)NCCC1CCCN(C1)c1nc(OC[C@@]34CCCN3C[C@H](F)C4)nc3c(F)c-2ncc13. The summed E-state index contributed by atoms with van der Waals surface area (Å²) in [5.41, 5.74) is 7.05. The first-order valence-electron chi connectivity index (χ1n) is 17.2. The largest absolute Gasteiger partial charge is 0.461 e. The first-order chi connectivity index (χ1) is 23.3. The lowest BCUT2D eigenvalue weighted by Gasteiger charge is -2.34. The van der Waals surface area contributed by atoms with Gasteiger partial charge in [0.25, 0.3) is 0 Å². The molecule has 2 aromatic carbocycles. The van der Waals surface area contributed by atoms with E-state index in [1.165, 1.54) is 6.07 Å². The molecule has 1 amide bonds. The summed E-state index contributed by atoms with van der Waals surface area (Å²) in [6, 6.07) is 6.39. The summed E-state index contributed by atoms with van der Waals surface area (Å²) in [4.78, 5) is 31.2. The van der Waals surface area contributed by atoms with E-state index in [0.717, 1.165) is 38.6 Å². The van der Waals surface area contributed by atoms with Crippen LogP contribution in [0.2, 0.25) is 0 Å². The molecule has 9 rings (SSSR count). The second kappa shape index (κ2) is 12.4. The molecule has 48 heavy (non-hydrogen) atoms. The molecule has 5 aliphatic heterocycles. The first-order valence-corrected chi connectivity index (χ1v) is 17.2. The van der Waals surface area contributed by atoms with Crippen LogP contribution in [0.5, 0.6) is 6.01 Å². The van der Waals surface area contributed by atoms with Gasteiger partial charge >= 0.3 is 6.01 Å². The number of aryl methyl sites for hydroxylation is 1. The number of carbonyl (C=O) groups excluding carboxylic acids is 1. The van der Waals surface area contributed by atoms with Gasteiger partial charge in [0, 0.05) is 56.5 Å². The van der Waals surface area contributed by atoms with Crippen molar-refractivity contribution in [2.75, 3.05) is 50.0 Å². The number of fused-ring (bicyclic) bond motifs is 8. The van der Waals surface area contributed by atoms with E-state index in [2.05, 4.69) is 25.1 Å². The predicted molar refractivity (Wildman–Crippen MR) is 179 cm³/mol. The van der Waals surface area contributed by atoms with Crippen molar-refractivity contribution in [1.29, 1.82) is 0 Å². The summed E-state index contributed by atoms with van der Waals surface area (Å²) in [5.74, 6) is -0.368. The molecule has 0 saturated carbocycles. The van der Waals surface area contributed by atoms with Crippen molar-refractivity contribution in [3.8, 4) is 17.3 Å². The number of piperidine rings is 1. The number of amides is 1. The van der Waals surface area contributed by atoms with Gasteiger partial charge in [-0.3, -0.25) is 14.7 Å². The fourth-order valence-corrected chi connectivity index (χ4v) is 8.56. The third-order valence-electron chi connectivity index (χ3n) is 10.8. The van der Waals surface area contributed by atoms with E-state index in [9.17, 15) is 9.18 Å². The van der Waals surface area contributed by atoms with Crippen molar-refractivity contribution >= 4 is 39.1 Å². The first kappa shape index (κ1) is 31.1. The van der Waals surface area contributed by atoms with Crippen LogP contribution in [0.3, 0.4) is 0 Å². The number of nitrogens with one attached hydrogen (secondary N) is 1. The Labute approximate surface area is 277 Å². The van der Waals surface area contributed by atoms with Crippen molar-refractivity contribution in [1.82, 2.24) is 25.2 Å². The Hall–Kier alpha value is -4.19. The van der Waals surface area contributed by atoms with Crippen LogP contribution in [0.1, 0.15) is 56.9 Å². The summed E-state index contributed by atoms with van der Waals surface area (Å²) in [6.45, 7) is 3.35. The van der Waals surface area contributed by atoms with Gasteiger partial charge in [0.1, 0.15) is 35.6 Å². The highest BCUT2D eigenvalue weighted by Gasteiger charge is 2.49. The van der Waals surface area contributed by atoms with Gasteiger partial charge in [-0.15, -0.1) is 0 Å². The van der Waals surface area contributed by atoms with Crippen LogP contribution >= 0.6 is 0 Å². The quantitative estimate of drug-likeness (QED) is 0.269. The van der Waals surface area contributed by atoms with Gasteiger partial charge in [-0.1, -0.05) is 6.07 Å². The maximum absolute atomic E-state index is 17.0. The molecule has 3 atom stereocenters. The summed E-state index contributed by atoms with van der Waals surface area (Å²) in [5, 5.41) is 4.65. The summed E-state index contributed by atoms with van der Waals surface area (Å²) in [6.07, 6.45) is 6.52. The number of ether oxygens (including phenoxy) is 1.